The molecule has 1 amide bonds. The maximum atomic E-state index is 13.8. The molecule has 0 saturated carbocycles. The first-order chi connectivity index (χ1) is 11.4. The molecule has 3 heterocycles. The third kappa shape index (κ3) is 3.44. The number of halogens is 2. The summed E-state index contributed by atoms with van der Waals surface area (Å²) in [6, 6.07) is -0.163. The van der Waals surface area contributed by atoms with Crippen molar-refractivity contribution in [2.75, 3.05) is 33.4 Å². The highest BCUT2D eigenvalue weighted by Crippen LogP contribution is 2.35. The van der Waals surface area contributed by atoms with Gasteiger partial charge in [-0.15, -0.1) is 0 Å². The summed E-state index contributed by atoms with van der Waals surface area (Å²) in [6.45, 7) is 1.28. The number of hydrogen-bond acceptors (Lipinski definition) is 4. The van der Waals surface area contributed by atoms with Crippen LogP contribution in [0, 0.1) is 0 Å². The molecule has 3 rings (SSSR count). The Balaban J connectivity index is 1.60. The Labute approximate surface area is 140 Å². The van der Waals surface area contributed by atoms with Crippen LogP contribution in [-0.4, -0.2) is 76.6 Å². The zero-order valence-electron chi connectivity index (χ0n) is 14.1. The summed E-state index contributed by atoms with van der Waals surface area (Å²) in [5.41, 5.74) is 0.554. The molecule has 6 nitrogen and oxygen atoms in total. The number of aromatic nitrogens is 2. The predicted octanol–water partition coefficient (Wildman–Crippen LogP) is 1.38. The van der Waals surface area contributed by atoms with Crippen molar-refractivity contribution in [2.45, 2.75) is 37.3 Å². The summed E-state index contributed by atoms with van der Waals surface area (Å²) >= 11 is 0. The smallest absolute Gasteiger partial charge is 0.272 e. The van der Waals surface area contributed by atoms with Crippen LogP contribution < -0.4 is 0 Å². The second-order valence-corrected chi connectivity index (χ2v) is 6.75. The third-order valence-electron chi connectivity index (χ3n) is 5.03. The highest BCUT2D eigenvalue weighted by atomic mass is 19.3. The lowest BCUT2D eigenvalue weighted by molar-refractivity contribution is 0.00281. The van der Waals surface area contributed by atoms with Crippen LogP contribution in [0.4, 0.5) is 8.78 Å². The van der Waals surface area contributed by atoms with Gasteiger partial charge in [-0.2, -0.15) is 0 Å². The summed E-state index contributed by atoms with van der Waals surface area (Å²) in [5, 5.41) is 0. The lowest BCUT2D eigenvalue weighted by Crippen LogP contribution is -2.49. The largest absolute Gasteiger partial charge is 0.383 e. The normalized spacial score (nSPS) is 25.3. The van der Waals surface area contributed by atoms with Crippen molar-refractivity contribution >= 4 is 5.91 Å². The standard InChI is InChI=1S/C16H24F2N4O2/c1-20-11-19-8-14(20)15(23)21-5-3-12(4-6-21)22-10-16(17,18)7-13(22)9-24-2/h8,11-13H,3-7,9-10H2,1-2H3/t13-/m0/s1. The average Bonchev–Trinajstić information content (AvgIpc) is 3.10. The van der Waals surface area contributed by atoms with Crippen LogP contribution in [0.2, 0.25) is 0 Å². The molecule has 2 saturated heterocycles. The first-order valence-electron chi connectivity index (χ1n) is 8.29. The Bertz CT molecular complexity index is 584. The van der Waals surface area contributed by atoms with E-state index in [0.29, 0.717) is 38.2 Å². The lowest BCUT2D eigenvalue weighted by Gasteiger charge is -2.39. The number of aryl methyl sites for hydroxylation is 1. The number of carbonyl (C=O) groups is 1. The quantitative estimate of drug-likeness (QED) is 0.830. The zero-order valence-corrected chi connectivity index (χ0v) is 14.1. The molecule has 0 bridgehead atoms. The van der Waals surface area contributed by atoms with Crippen LogP contribution in [0.15, 0.2) is 12.5 Å². The molecule has 2 fully saturated rings. The van der Waals surface area contributed by atoms with E-state index in [4.69, 9.17) is 4.74 Å². The van der Waals surface area contributed by atoms with E-state index >= 15 is 0 Å². The van der Waals surface area contributed by atoms with E-state index < -0.39 is 5.92 Å². The lowest BCUT2D eigenvalue weighted by atomic mass is 10.0. The zero-order chi connectivity index (χ0) is 17.3. The molecule has 0 aromatic carbocycles. The van der Waals surface area contributed by atoms with E-state index in [2.05, 4.69) is 4.98 Å². The van der Waals surface area contributed by atoms with Crippen molar-refractivity contribution in [3.8, 4) is 0 Å². The van der Waals surface area contributed by atoms with Gasteiger partial charge >= 0.3 is 0 Å². The molecule has 0 radical (unpaired) electrons. The van der Waals surface area contributed by atoms with Crippen molar-refractivity contribution < 1.29 is 18.3 Å². The van der Waals surface area contributed by atoms with Crippen molar-refractivity contribution in [1.29, 1.82) is 0 Å². The third-order valence-corrected chi connectivity index (χ3v) is 5.03. The average molecular weight is 342 g/mol. The number of amides is 1. The van der Waals surface area contributed by atoms with Crippen LogP contribution >= 0.6 is 0 Å². The summed E-state index contributed by atoms with van der Waals surface area (Å²) in [6.07, 6.45) is 4.43. The van der Waals surface area contributed by atoms with Gasteiger partial charge in [0.05, 0.1) is 25.7 Å². The first kappa shape index (κ1) is 17.3. The second-order valence-electron chi connectivity index (χ2n) is 6.75. The SMILES string of the molecule is COC[C@@H]1CC(F)(F)CN1C1CCN(C(=O)c2cncn2C)CC1. The van der Waals surface area contributed by atoms with E-state index in [1.54, 1.807) is 36.1 Å². The molecule has 8 heteroatoms. The molecule has 1 atom stereocenters. The minimum atomic E-state index is -2.65. The number of methoxy groups -OCH3 is 1. The molecule has 24 heavy (non-hydrogen) atoms. The predicted molar refractivity (Wildman–Crippen MR) is 84.1 cm³/mol. The fourth-order valence-corrected chi connectivity index (χ4v) is 3.82. The molecule has 2 aliphatic heterocycles. The second kappa shape index (κ2) is 6.76. The van der Waals surface area contributed by atoms with E-state index in [-0.39, 0.29) is 31.0 Å². The minimum Gasteiger partial charge on any atom is -0.383 e. The molecule has 134 valence electrons. The number of piperidine rings is 1. The van der Waals surface area contributed by atoms with Crippen molar-refractivity contribution in [1.82, 2.24) is 19.4 Å². The molecular weight excluding hydrogens is 318 g/mol. The highest BCUT2D eigenvalue weighted by Gasteiger charge is 2.47. The maximum absolute atomic E-state index is 13.8. The molecule has 2 aliphatic rings. The summed E-state index contributed by atoms with van der Waals surface area (Å²) in [7, 11) is 3.33. The van der Waals surface area contributed by atoms with E-state index in [1.165, 1.54) is 0 Å². The van der Waals surface area contributed by atoms with Gasteiger partial charge in [0, 0.05) is 45.8 Å². The monoisotopic (exact) mass is 342 g/mol. The molecule has 0 aliphatic carbocycles. The van der Waals surface area contributed by atoms with Crippen molar-refractivity contribution in [2.24, 2.45) is 7.05 Å². The van der Waals surface area contributed by atoms with Crippen LogP contribution in [-0.2, 0) is 11.8 Å². The van der Waals surface area contributed by atoms with Crippen LogP contribution in [0.3, 0.4) is 0 Å². The molecule has 1 aromatic rings. The van der Waals surface area contributed by atoms with Gasteiger partial charge in [-0.25, -0.2) is 13.8 Å². The van der Waals surface area contributed by atoms with Gasteiger partial charge in [-0.3, -0.25) is 9.69 Å². The fraction of sp³-hybridized carbons (Fsp3) is 0.750. The van der Waals surface area contributed by atoms with Gasteiger partial charge in [0.15, 0.2) is 0 Å². The van der Waals surface area contributed by atoms with E-state index in [0.717, 1.165) is 0 Å². The van der Waals surface area contributed by atoms with Crippen molar-refractivity contribution in [3.63, 3.8) is 0 Å². The Morgan fingerprint density at radius 1 is 1.42 bits per heavy atom. The van der Waals surface area contributed by atoms with Crippen molar-refractivity contribution in [3.05, 3.63) is 18.2 Å². The number of likely N-dealkylation sites (tertiary alicyclic amines) is 2. The van der Waals surface area contributed by atoms with Gasteiger partial charge in [-0.05, 0) is 12.8 Å². The summed E-state index contributed by atoms with van der Waals surface area (Å²) < 4.78 is 34.4. The Morgan fingerprint density at radius 3 is 2.71 bits per heavy atom. The van der Waals surface area contributed by atoms with Gasteiger partial charge in [-0.1, -0.05) is 0 Å². The van der Waals surface area contributed by atoms with Crippen LogP contribution in [0.25, 0.3) is 0 Å². The summed E-state index contributed by atoms with van der Waals surface area (Å²) in [4.78, 5) is 20.1. The molecule has 0 N–H and O–H groups in total. The first-order valence-corrected chi connectivity index (χ1v) is 8.29. The Hall–Kier alpha value is -1.54. The number of nitrogens with zero attached hydrogens (tertiary/aromatic N) is 4. The summed E-state index contributed by atoms with van der Waals surface area (Å²) in [5.74, 6) is -2.70. The van der Waals surface area contributed by atoms with Gasteiger partial charge in [0.2, 0.25) is 0 Å². The molecule has 1 aromatic heterocycles. The van der Waals surface area contributed by atoms with Crippen LogP contribution in [0.1, 0.15) is 29.8 Å². The number of hydrogen-bond donors (Lipinski definition) is 0. The fourth-order valence-electron chi connectivity index (χ4n) is 3.82. The van der Waals surface area contributed by atoms with E-state index in [1.807, 2.05) is 4.90 Å². The Kier molecular flexibility index (Phi) is 4.87. The number of alkyl halides is 2. The molecular formula is C16H24F2N4O2. The highest BCUT2D eigenvalue weighted by molar-refractivity contribution is 5.92. The van der Waals surface area contributed by atoms with Gasteiger partial charge < -0.3 is 14.2 Å². The van der Waals surface area contributed by atoms with E-state index in [9.17, 15) is 13.6 Å². The number of ether oxygens (including phenoxy) is 1. The maximum Gasteiger partial charge on any atom is 0.272 e. The number of imidazole rings is 1. The van der Waals surface area contributed by atoms with Gasteiger partial charge in [0.1, 0.15) is 5.69 Å². The number of carbonyl (C=O) groups excluding carboxylic acids is 1. The molecule has 0 unspecified atom stereocenters. The number of rotatable bonds is 4. The van der Waals surface area contributed by atoms with Crippen LogP contribution in [0.5, 0.6) is 0 Å². The molecule has 0 spiro atoms. The van der Waals surface area contributed by atoms with Gasteiger partial charge in [0.25, 0.3) is 11.8 Å². The topological polar surface area (TPSA) is 50.6 Å². The minimum absolute atomic E-state index is 0.0476. The Morgan fingerprint density at radius 2 is 2.12 bits per heavy atom.